The number of nitrogens with zero attached hydrogens (tertiary/aromatic N) is 2. The molecule has 0 amide bonds. The first-order valence-corrected chi connectivity index (χ1v) is 9.36. The summed E-state index contributed by atoms with van der Waals surface area (Å²) in [4.78, 5) is 0. The zero-order chi connectivity index (χ0) is 18.5. The van der Waals surface area contributed by atoms with Crippen molar-refractivity contribution in [2.75, 3.05) is 7.05 Å². The Morgan fingerprint density at radius 3 is 2.67 bits per heavy atom. The molecule has 1 N–H and O–H groups in total. The normalized spacial score (nSPS) is 14.8. The zero-order valence-corrected chi connectivity index (χ0v) is 16.7. The molecule has 1 heterocycles. The molecule has 1 aliphatic carbocycles. The number of hydrogen-bond donors (Lipinski definition) is 1. The summed E-state index contributed by atoms with van der Waals surface area (Å²) in [6, 6.07) is 3.43. The Kier molecular flexibility index (Phi) is 8.05. The molecule has 0 unspecified atom stereocenters. The third kappa shape index (κ3) is 5.42. The van der Waals surface area contributed by atoms with Crippen molar-refractivity contribution in [3.63, 3.8) is 0 Å². The second kappa shape index (κ2) is 10.0. The number of rotatable bonds is 7. The van der Waals surface area contributed by atoms with E-state index < -0.39 is 11.6 Å². The lowest BCUT2D eigenvalue weighted by Gasteiger charge is -2.22. The van der Waals surface area contributed by atoms with Crippen LogP contribution in [0, 0.1) is 24.5 Å². The lowest BCUT2D eigenvalue weighted by molar-refractivity contribution is 0.240. The third-order valence-electron chi connectivity index (χ3n) is 5.10. The number of aromatic nitrogens is 2. The van der Waals surface area contributed by atoms with Gasteiger partial charge in [-0.1, -0.05) is 19.3 Å². The van der Waals surface area contributed by atoms with Crippen molar-refractivity contribution < 1.29 is 13.5 Å². The number of benzene rings is 1. The predicted octanol–water partition coefficient (Wildman–Crippen LogP) is 4.77. The smallest absolute Gasteiger partial charge is 0.215 e. The van der Waals surface area contributed by atoms with Crippen molar-refractivity contribution in [2.45, 2.75) is 58.7 Å². The van der Waals surface area contributed by atoms with Gasteiger partial charge >= 0.3 is 0 Å². The van der Waals surface area contributed by atoms with Crippen molar-refractivity contribution in [3.8, 4) is 5.88 Å². The van der Waals surface area contributed by atoms with Gasteiger partial charge in [0.15, 0.2) is 0 Å². The van der Waals surface area contributed by atoms with Crippen LogP contribution in [0.25, 0.3) is 0 Å². The van der Waals surface area contributed by atoms with Gasteiger partial charge in [0.05, 0.1) is 5.69 Å². The molecule has 1 aliphatic rings. The summed E-state index contributed by atoms with van der Waals surface area (Å²) in [6.07, 6.45) is 6.25. The van der Waals surface area contributed by atoms with Crippen LogP contribution in [0.5, 0.6) is 5.88 Å². The van der Waals surface area contributed by atoms with Crippen LogP contribution in [0.2, 0.25) is 0 Å². The van der Waals surface area contributed by atoms with E-state index in [0.29, 0.717) is 18.3 Å². The van der Waals surface area contributed by atoms with Crippen LogP contribution in [0.1, 0.15) is 48.9 Å². The van der Waals surface area contributed by atoms with Crippen LogP contribution in [0.15, 0.2) is 18.2 Å². The van der Waals surface area contributed by atoms with Gasteiger partial charge in [0, 0.05) is 24.2 Å². The second-order valence-corrected chi connectivity index (χ2v) is 7.12. The molecule has 4 nitrogen and oxygen atoms in total. The van der Waals surface area contributed by atoms with Crippen LogP contribution >= 0.6 is 12.4 Å². The Morgan fingerprint density at radius 1 is 1.22 bits per heavy atom. The Labute approximate surface area is 165 Å². The lowest BCUT2D eigenvalue weighted by atomic mass is 9.89. The highest BCUT2D eigenvalue weighted by atomic mass is 35.5. The van der Waals surface area contributed by atoms with E-state index in [-0.39, 0.29) is 24.6 Å². The van der Waals surface area contributed by atoms with Crippen LogP contribution in [-0.2, 0) is 19.7 Å². The summed E-state index contributed by atoms with van der Waals surface area (Å²) in [5.74, 6) is 0.328. The number of nitrogens with one attached hydrogen (secondary N) is 1. The van der Waals surface area contributed by atoms with Gasteiger partial charge in [0.2, 0.25) is 5.88 Å². The Hall–Kier alpha value is -1.66. The van der Waals surface area contributed by atoms with Crippen molar-refractivity contribution in [3.05, 3.63) is 46.7 Å². The molecule has 0 spiro atoms. The van der Waals surface area contributed by atoms with Crippen LogP contribution in [0.4, 0.5) is 8.78 Å². The van der Waals surface area contributed by atoms with E-state index in [2.05, 4.69) is 5.32 Å². The zero-order valence-electron chi connectivity index (χ0n) is 15.9. The van der Waals surface area contributed by atoms with E-state index >= 15 is 0 Å². The molecule has 1 aromatic carbocycles. The maximum atomic E-state index is 13.9. The summed E-state index contributed by atoms with van der Waals surface area (Å²) in [6.45, 7) is 3.41. The molecule has 0 aliphatic heterocycles. The van der Waals surface area contributed by atoms with Gasteiger partial charge < -0.3 is 10.1 Å². The first kappa shape index (κ1) is 21.6. The van der Waals surface area contributed by atoms with Crippen molar-refractivity contribution in [1.82, 2.24) is 15.1 Å². The molecule has 0 atom stereocenters. The second-order valence-electron chi connectivity index (χ2n) is 7.12. The fraction of sp³-hybridized carbons (Fsp3) is 0.550. The highest BCUT2D eigenvalue weighted by Gasteiger charge is 2.21. The third-order valence-corrected chi connectivity index (χ3v) is 5.10. The molecule has 7 heteroatoms. The Morgan fingerprint density at radius 2 is 1.96 bits per heavy atom. The molecule has 0 radical (unpaired) electrons. The highest BCUT2D eigenvalue weighted by Crippen LogP contribution is 2.29. The van der Waals surface area contributed by atoms with Crippen molar-refractivity contribution >= 4 is 12.4 Å². The number of hydrogen-bond acceptors (Lipinski definition) is 3. The minimum absolute atomic E-state index is 0. The van der Waals surface area contributed by atoms with E-state index in [0.717, 1.165) is 29.9 Å². The molecule has 1 aromatic heterocycles. The molecule has 150 valence electrons. The maximum Gasteiger partial charge on any atom is 0.215 e. The number of halogens is 3. The average Bonchev–Trinajstić information content (AvgIpc) is 2.92. The summed E-state index contributed by atoms with van der Waals surface area (Å²) in [5, 5.41) is 7.83. The number of ether oxygens (including phenoxy) is 1. The molecule has 27 heavy (non-hydrogen) atoms. The molecule has 0 bridgehead atoms. The van der Waals surface area contributed by atoms with E-state index in [4.69, 9.17) is 9.84 Å². The van der Waals surface area contributed by atoms with Gasteiger partial charge in [-0.15, -0.1) is 12.4 Å². The molecular formula is C20H28ClF2N3O. The highest BCUT2D eigenvalue weighted by molar-refractivity contribution is 5.85. The fourth-order valence-corrected chi connectivity index (χ4v) is 3.64. The van der Waals surface area contributed by atoms with Gasteiger partial charge in [0.1, 0.15) is 18.2 Å². The topological polar surface area (TPSA) is 39.1 Å². The molecule has 3 rings (SSSR count). The van der Waals surface area contributed by atoms with Crippen molar-refractivity contribution in [2.24, 2.45) is 5.92 Å². The summed E-state index contributed by atoms with van der Waals surface area (Å²) < 4.78 is 35.1. The lowest BCUT2D eigenvalue weighted by Crippen LogP contribution is -2.17. The predicted molar refractivity (Wildman–Crippen MR) is 104 cm³/mol. The molecule has 2 aromatic rings. The minimum Gasteiger partial charge on any atom is -0.473 e. The molecule has 0 saturated heterocycles. The van der Waals surface area contributed by atoms with Gasteiger partial charge in [0.25, 0.3) is 0 Å². The van der Waals surface area contributed by atoms with Crippen LogP contribution < -0.4 is 10.1 Å². The van der Waals surface area contributed by atoms with Gasteiger partial charge in [-0.05, 0) is 50.9 Å². The molecule has 1 fully saturated rings. The van der Waals surface area contributed by atoms with Gasteiger partial charge in [-0.3, -0.25) is 0 Å². The summed E-state index contributed by atoms with van der Waals surface area (Å²) >= 11 is 0. The molecule has 1 saturated carbocycles. The van der Waals surface area contributed by atoms with E-state index in [1.807, 2.05) is 18.7 Å². The first-order chi connectivity index (χ1) is 12.6. The summed E-state index contributed by atoms with van der Waals surface area (Å²) in [7, 11) is 1.88. The standard InChI is InChI=1S/C20H27F2N3O.ClH/c1-14-19(11-23-2)24-25(12-15-6-4-3-5-7-15)20(14)26-13-16-10-17(21)8-9-18(16)22;/h8-10,15,23H,3-7,11-13H2,1-2H3;1H. The fourth-order valence-electron chi connectivity index (χ4n) is 3.64. The van der Waals surface area contributed by atoms with Crippen molar-refractivity contribution in [1.29, 1.82) is 0 Å². The van der Waals surface area contributed by atoms with E-state index in [9.17, 15) is 8.78 Å². The van der Waals surface area contributed by atoms with E-state index in [1.165, 1.54) is 38.2 Å². The molecular weight excluding hydrogens is 372 g/mol. The monoisotopic (exact) mass is 399 g/mol. The quantitative estimate of drug-likeness (QED) is 0.728. The Bertz CT molecular complexity index is 745. The maximum absolute atomic E-state index is 13.9. The Balaban J connectivity index is 0.00000261. The van der Waals surface area contributed by atoms with Gasteiger partial charge in [-0.2, -0.15) is 5.10 Å². The largest absolute Gasteiger partial charge is 0.473 e. The summed E-state index contributed by atoms with van der Waals surface area (Å²) in [5.41, 5.74) is 2.09. The van der Waals surface area contributed by atoms with Gasteiger partial charge in [-0.25, -0.2) is 13.5 Å². The first-order valence-electron chi connectivity index (χ1n) is 9.36. The average molecular weight is 400 g/mol. The minimum atomic E-state index is -0.465. The SMILES string of the molecule is CNCc1nn(CC2CCCCC2)c(OCc2cc(F)ccc2F)c1C.Cl. The van der Waals surface area contributed by atoms with Crippen LogP contribution in [-0.4, -0.2) is 16.8 Å². The van der Waals surface area contributed by atoms with Crippen LogP contribution in [0.3, 0.4) is 0 Å². The van der Waals surface area contributed by atoms with E-state index in [1.54, 1.807) is 0 Å².